The van der Waals surface area contributed by atoms with Gasteiger partial charge in [0.25, 0.3) is 0 Å². The van der Waals surface area contributed by atoms with Crippen molar-refractivity contribution in [2.75, 3.05) is 6.61 Å². The van der Waals surface area contributed by atoms with Gasteiger partial charge in [-0.3, -0.25) is 4.79 Å². The first-order valence-electron chi connectivity index (χ1n) is 4.88. The summed E-state index contributed by atoms with van der Waals surface area (Å²) in [5, 5.41) is 0. The van der Waals surface area contributed by atoms with Crippen LogP contribution < -0.4 is 0 Å². The molecule has 0 saturated carbocycles. The lowest BCUT2D eigenvalue weighted by Crippen LogP contribution is -2.23. The number of ether oxygens (including phenoxy) is 2. The van der Waals surface area contributed by atoms with E-state index in [1.54, 1.807) is 0 Å². The Bertz CT molecular complexity index is 226. The van der Waals surface area contributed by atoms with Gasteiger partial charge >= 0.3 is 0 Å². The van der Waals surface area contributed by atoms with E-state index in [1.807, 2.05) is 6.08 Å². The lowest BCUT2D eigenvalue weighted by atomic mass is 10.2. The zero-order chi connectivity index (χ0) is 9.10. The van der Waals surface area contributed by atoms with Crippen LogP contribution in [-0.2, 0) is 14.3 Å². The summed E-state index contributed by atoms with van der Waals surface area (Å²) < 4.78 is 10.8. The van der Waals surface area contributed by atoms with Crippen LogP contribution in [0.3, 0.4) is 0 Å². The standard InChI is InChI=1S/C10H14O3/c11-8-4-3-5-9(8)13-10-6-1-2-7-12-10/h5,10H,1-4,6-7H2. The summed E-state index contributed by atoms with van der Waals surface area (Å²) in [6.45, 7) is 0.756. The Balaban J connectivity index is 1.86. The van der Waals surface area contributed by atoms with Crippen molar-refractivity contribution in [2.24, 2.45) is 0 Å². The van der Waals surface area contributed by atoms with E-state index in [1.165, 1.54) is 0 Å². The minimum absolute atomic E-state index is 0.120. The molecular formula is C10H14O3. The van der Waals surface area contributed by atoms with Gasteiger partial charge in [0.1, 0.15) is 0 Å². The molecule has 0 bridgehead atoms. The summed E-state index contributed by atoms with van der Waals surface area (Å²) >= 11 is 0. The Labute approximate surface area is 77.7 Å². The molecular weight excluding hydrogens is 168 g/mol. The van der Waals surface area contributed by atoms with E-state index in [0.29, 0.717) is 12.2 Å². The van der Waals surface area contributed by atoms with Crippen LogP contribution in [0.2, 0.25) is 0 Å². The van der Waals surface area contributed by atoms with Crippen molar-refractivity contribution in [2.45, 2.75) is 38.4 Å². The lowest BCUT2D eigenvalue weighted by molar-refractivity contribution is -0.148. The van der Waals surface area contributed by atoms with Gasteiger partial charge in [0.15, 0.2) is 17.8 Å². The second-order valence-electron chi connectivity index (χ2n) is 3.44. The van der Waals surface area contributed by atoms with Crippen molar-refractivity contribution in [3.8, 4) is 0 Å². The molecule has 3 nitrogen and oxygen atoms in total. The first kappa shape index (κ1) is 8.75. The van der Waals surface area contributed by atoms with Crippen LogP contribution in [-0.4, -0.2) is 18.7 Å². The third-order valence-electron chi connectivity index (χ3n) is 2.37. The highest BCUT2D eigenvalue weighted by atomic mass is 16.7. The van der Waals surface area contributed by atoms with Gasteiger partial charge in [-0.2, -0.15) is 0 Å². The van der Waals surface area contributed by atoms with Gasteiger partial charge in [-0.25, -0.2) is 0 Å². The van der Waals surface area contributed by atoms with Crippen molar-refractivity contribution >= 4 is 5.78 Å². The maximum Gasteiger partial charge on any atom is 0.199 e. The molecule has 1 atom stereocenters. The molecule has 0 spiro atoms. The van der Waals surface area contributed by atoms with Gasteiger partial charge in [0, 0.05) is 12.8 Å². The van der Waals surface area contributed by atoms with Gasteiger partial charge in [0.05, 0.1) is 6.61 Å². The molecule has 2 aliphatic rings. The molecule has 1 unspecified atom stereocenters. The van der Waals surface area contributed by atoms with E-state index < -0.39 is 0 Å². The third-order valence-corrected chi connectivity index (χ3v) is 2.37. The molecule has 1 fully saturated rings. The quantitative estimate of drug-likeness (QED) is 0.653. The molecule has 0 N–H and O–H groups in total. The van der Waals surface area contributed by atoms with Gasteiger partial charge in [-0.05, 0) is 25.3 Å². The van der Waals surface area contributed by atoms with E-state index >= 15 is 0 Å². The highest BCUT2D eigenvalue weighted by Gasteiger charge is 2.22. The monoisotopic (exact) mass is 182 g/mol. The molecule has 0 radical (unpaired) electrons. The van der Waals surface area contributed by atoms with Crippen LogP contribution in [0, 0.1) is 0 Å². The molecule has 1 aliphatic heterocycles. The van der Waals surface area contributed by atoms with Crippen LogP contribution in [0.25, 0.3) is 0 Å². The van der Waals surface area contributed by atoms with E-state index in [0.717, 1.165) is 32.3 Å². The van der Waals surface area contributed by atoms with E-state index in [-0.39, 0.29) is 12.1 Å². The van der Waals surface area contributed by atoms with Crippen LogP contribution in [0.1, 0.15) is 32.1 Å². The first-order chi connectivity index (χ1) is 6.36. The fraction of sp³-hybridized carbons (Fsp3) is 0.700. The number of Topliss-reactive ketones (excluding diaryl/α,β-unsaturated/α-hetero) is 1. The van der Waals surface area contributed by atoms with Crippen molar-refractivity contribution in [1.82, 2.24) is 0 Å². The number of allylic oxidation sites excluding steroid dienone is 2. The molecule has 1 saturated heterocycles. The number of hydrogen-bond acceptors (Lipinski definition) is 3. The number of rotatable bonds is 2. The van der Waals surface area contributed by atoms with Crippen molar-refractivity contribution in [3.63, 3.8) is 0 Å². The molecule has 1 aliphatic carbocycles. The molecule has 0 aromatic rings. The average molecular weight is 182 g/mol. The van der Waals surface area contributed by atoms with Gasteiger partial charge in [0.2, 0.25) is 0 Å². The lowest BCUT2D eigenvalue weighted by Gasteiger charge is -2.23. The number of ketones is 1. The highest BCUT2D eigenvalue weighted by Crippen LogP contribution is 2.21. The van der Waals surface area contributed by atoms with Crippen LogP contribution in [0.5, 0.6) is 0 Å². The number of hydrogen-bond donors (Lipinski definition) is 0. The molecule has 0 aromatic heterocycles. The Morgan fingerprint density at radius 1 is 1.46 bits per heavy atom. The minimum atomic E-state index is -0.179. The van der Waals surface area contributed by atoms with Crippen LogP contribution >= 0.6 is 0 Å². The van der Waals surface area contributed by atoms with Crippen molar-refractivity contribution in [1.29, 1.82) is 0 Å². The topological polar surface area (TPSA) is 35.5 Å². The molecule has 1 heterocycles. The normalized spacial score (nSPS) is 28.8. The summed E-state index contributed by atoms with van der Waals surface area (Å²) in [6, 6.07) is 0. The molecule has 72 valence electrons. The number of carbonyl (C=O) groups excluding carboxylic acids is 1. The summed E-state index contributed by atoms with van der Waals surface area (Å²) in [6.07, 6.45) is 6.24. The van der Waals surface area contributed by atoms with Crippen LogP contribution in [0.4, 0.5) is 0 Å². The van der Waals surface area contributed by atoms with Gasteiger partial charge < -0.3 is 9.47 Å². The Kier molecular flexibility index (Phi) is 2.64. The highest BCUT2D eigenvalue weighted by molar-refractivity contribution is 5.95. The summed E-state index contributed by atoms with van der Waals surface area (Å²) in [5.41, 5.74) is 0. The van der Waals surface area contributed by atoms with E-state index in [9.17, 15) is 4.79 Å². The minimum Gasteiger partial charge on any atom is -0.462 e. The second kappa shape index (κ2) is 3.92. The van der Waals surface area contributed by atoms with E-state index in [4.69, 9.17) is 9.47 Å². The maximum absolute atomic E-state index is 11.2. The molecule has 3 heteroatoms. The molecule has 0 amide bonds. The second-order valence-corrected chi connectivity index (χ2v) is 3.44. The van der Waals surface area contributed by atoms with E-state index in [2.05, 4.69) is 0 Å². The average Bonchev–Trinajstić information content (AvgIpc) is 2.54. The van der Waals surface area contributed by atoms with Gasteiger partial charge in [-0.15, -0.1) is 0 Å². The molecule has 13 heavy (non-hydrogen) atoms. The SMILES string of the molecule is O=C1CCC=C1OC1CCCCO1. The Hall–Kier alpha value is -0.830. The maximum atomic E-state index is 11.2. The summed E-state index contributed by atoms with van der Waals surface area (Å²) in [7, 11) is 0. The third kappa shape index (κ3) is 2.10. The number of carbonyl (C=O) groups is 1. The predicted molar refractivity (Wildman–Crippen MR) is 47.0 cm³/mol. The Morgan fingerprint density at radius 3 is 3.00 bits per heavy atom. The smallest absolute Gasteiger partial charge is 0.199 e. The van der Waals surface area contributed by atoms with Gasteiger partial charge in [-0.1, -0.05) is 0 Å². The summed E-state index contributed by atoms with van der Waals surface area (Å²) in [4.78, 5) is 11.2. The molecule has 0 aromatic carbocycles. The zero-order valence-electron chi connectivity index (χ0n) is 7.62. The van der Waals surface area contributed by atoms with Crippen molar-refractivity contribution in [3.05, 3.63) is 11.8 Å². The van der Waals surface area contributed by atoms with Crippen molar-refractivity contribution < 1.29 is 14.3 Å². The predicted octanol–water partition coefficient (Wildman–Crippen LogP) is 1.78. The Morgan fingerprint density at radius 2 is 2.38 bits per heavy atom. The largest absolute Gasteiger partial charge is 0.462 e. The zero-order valence-corrected chi connectivity index (χ0v) is 7.62. The van der Waals surface area contributed by atoms with Crippen LogP contribution in [0.15, 0.2) is 11.8 Å². The summed E-state index contributed by atoms with van der Waals surface area (Å²) in [5.74, 6) is 0.640. The fourth-order valence-corrected chi connectivity index (χ4v) is 1.63. The fourth-order valence-electron chi connectivity index (χ4n) is 1.63. The first-order valence-corrected chi connectivity index (χ1v) is 4.88. The molecule has 2 rings (SSSR count).